The number of hydrogen-bond donors (Lipinski definition) is 2. The van der Waals surface area contributed by atoms with Crippen molar-refractivity contribution < 1.29 is 18.3 Å². The van der Waals surface area contributed by atoms with Gasteiger partial charge < -0.3 is 10.1 Å². The molecule has 0 spiro atoms. The average Bonchev–Trinajstić information content (AvgIpc) is 3.12. The molecule has 0 unspecified atom stereocenters. The summed E-state index contributed by atoms with van der Waals surface area (Å²) in [4.78, 5) is 12.4. The maximum atomic E-state index is 12.4. The predicted molar refractivity (Wildman–Crippen MR) is 91.3 cm³/mol. The summed E-state index contributed by atoms with van der Waals surface area (Å²) in [6.45, 7) is 0.853. The number of hydrogen-bond acceptors (Lipinski definition) is 4. The maximum Gasteiger partial charge on any atom is 0.387 e. The molecular formula is C17H17F2N5O2. The Morgan fingerprint density at radius 1 is 1.31 bits per heavy atom. The van der Waals surface area contributed by atoms with Gasteiger partial charge in [0.2, 0.25) is 0 Å². The Bertz CT molecular complexity index is 949. The molecule has 2 heterocycles. The minimum Gasteiger partial charge on any atom is -0.435 e. The molecule has 0 aliphatic rings. The van der Waals surface area contributed by atoms with Crippen LogP contribution in [-0.4, -0.2) is 32.5 Å². The summed E-state index contributed by atoms with van der Waals surface area (Å²) < 4.78 is 30.6. The van der Waals surface area contributed by atoms with Gasteiger partial charge in [-0.1, -0.05) is 6.07 Å². The van der Waals surface area contributed by atoms with Crippen molar-refractivity contribution in [2.75, 3.05) is 5.32 Å². The largest absolute Gasteiger partial charge is 0.435 e. The molecule has 0 saturated heterocycles. The van der Waals surface area contributed by atoms with Crippen LogP contribution in [0.15, 0.2) is 30.3 Å². The van der Waals surface area contributed by atoms with Gasteiger partial charge in [-0.25, -0.2) is 0 Å². The minimum atomic E-state index is -2.93. The zero-order chi connectivity index (χ0) is 18.8. The van der Waals surface area contributed by atoms with E-state index in [1.807, 2.05) is 20.9 Å². The summed E-state index contributed by atoms with van der Waals surface area (Å²) in [6.07, 6.45) is 0. The molecule has 1 aromatic carbocycles. The monoisotopic (exact) mass is 361 g/mol. The fourth-order valence-corrected chi connectivity index (χ4v) is 2.66. The second-order valence-corrected chi connectivity index (χ2v) is 5.70. The average molecular weight is 361 g/mol. The van der Waals surface area contributed by atoms with Crippen LogP contribution in [0, 0.1) is 13.8 Å². The fourth-order valence-electron chi connectivity index (χ4n) is 2.66. The SMILES string of the molecule is Cc1nn(C)c(C)c1-c1cc(C(=O)Nc2cccc(OC(F)F)c2)[nH]n1. The van der Waals surface area contributed by atoms with Crippen molar-refractivity contribution in [2.45, 2.75) is 20.5 Å². The number of aromatic nitrogens is 4. The summed E-state index contributed by atoms with van der Waals surface area (Å²) in [5.74, 6) is -0.484. The quantitative estimate of drug-likeness (QED) is 0.730. The van der Waals surface area contributed by atoms with Gasteiger partial charge in [0.15, 0.2) is 0 Å². The van der Waals surface area contributed by atoms with Gasteiger partial charge in [0.25, 0.3) is 5.91 Å². The first-order chi connectivity index (χ1) is 12.3. The molecule has 3 rings (SSSR count). The van der Waals surface area contributed by atoms with Gasteiger partial charge in [0, 0.05) is 30.1 Å². The van der Waals surface area contributed by atoms with Crippen molar-refractivity contribution in [3.8, 4) is 17.0 Å². The van der Waals surface area contributed by atoms with Crippen LogP contribution < -0.4 is 10.1 Å². The second-order valence-electron chi connectivity index (χ2n) is 5.70. The number of nitrogens with zero attached hydrogens (tertiary/aromatic N) is 3. The number of carbonyl (C=O) groups is 1. The highest BCUT2D eigenvalue weighted by Crippen LogP contribution is 2.25. The lowest BCUT2D eigenvalue weighted by Gasteiger charge is -2.07. The molecule has 0 saturated carbocycles. The van der Waals surface area contributed by atoms with E-state index in [4.69, 9.17) is 0 Å². The summed E-state index contributed by atoms with van der Waals surface area (Å²) in [7, 11) is 1.83. The van der Waals surface area contributed by atoms with Crippen LogP contribution in [0.25, 0.3) is 11.3 Å². The Kier molecular flexibility index (Phi) is 4.70. The Morgan fingerprint density at radius 2 is 2.08 bits per heavy atom. The van der Waals surface area contributed by atoms with Crippen molar-refractivity contribution in [3.05, 3.63) is 47.4 Å². The van der Waals surface area contributed by atoms with E-state index in [1.54, 1.807) is 16.8 Å². The fraction of sp³-hybridized carbons (Fsp3) is 0.235. The van der Waals surface area contributed by atoms with E-state index in [0.29, 0.717) is 11.4 Å². The number of benzene rings is 1. The summed E-state index contributed by atoms with van der Waals surface area (Å²) >= 11 is 0. The van der Waals surface area contributed by atoms with Crippen molar-refractivity contribution in [3.63, 3.8) is 0 Å². The summed E-state index contributed by atoms with van der Waals surface area (Å²) in [6, 6.07) is 7.39. The number of ether oxygens (including phenoxy) is 1. The Hall–Kier alpha value is -3.23. The van der Waals surface area contributed by atoms with E-state index in [1.165, 1.54) is 18.2 Å². The predicted octanol–water partition coefficient (Wildman–Crippen LogP) is 3.28. The highest BCUT2D eigenvalue weighted by atomic mass is 19.3. The van der Waals surface area contributed by atoms with Gasteiger partial charge in [-0.15, -0.1) is 0 Å². The number of aryl methyl sites for hydroxylation is 2. The number of aromatic amines is 1. The third-order valence-corrected chi connectivity index (χ3v) is 3.90. The number of amides is 1. The Morgan fingerprint density at radius 3 is 2.73 bits per heavy atom. The molecule has 0 bridgehead atoms. The maximum absolute atomic E-state index is 12.4. The van der Waals surface area contributed by atoms with E-state index < -0.39 is 12.5 Å². The third kappa shape index (κ3) is 3.56. The topological polar surface area (TPSA) is 84.8 Å². The normalized spacial score (nSPS) is 11.0. The molecule has 0 aliphatic heterocycles. The first-order valence-electron chi connectivity index (χ1n) is 7.77. The molecule has 0 radical (unpaired) electrons. The van der Waals surface area contributed by atoms with Crippen LogP contribution in [0.1, 0.15) is 21.9 Å². The van der Waals surface area contributed by atoms with Gasteiger partial charge in [-0.05, 0) is 32.0 Å². The molecule has 7 nitrogen and oxygen atoms in total. The zero-order valence-electron chi connectivity index (χ0n) is 14.4. The Balaban J connectivity index is 1.79. The van der Waals surface area contributed by atoms with Crippen LogP contribution in [0.2, 0.25) is 0 Å². The molecule has 0 aliphatic carbocycles. The standard InChI is InChI=1S/C17H17F2N5O2/c1-9-15(10(2)24(3)23-9)13-8-14(22-21-13)16(25)20-11-5-4-6-12(7-11)26-17(18)19/h4-8,17H,1-3H3,(H,20,25)(H,21,22). The highest BCUT2D eigenvalue weighted by molar-refractivity contribution is 6.03. The molecule has 2 aromatic heterocycles. The van der Waals surface area contributed by atoms with Crippen LogP contribution in [0.4, 0.5) is 14.5 Å². The number of carbonyl (C=O) groups excluding carboxylic acids is 1. The van der Waals surface area contributed by atoms with Crippen molar-refractivity contribution in [1.29, 1.82) is 0 Å². The number of anilines is 1. The van der Waals surface area contributed by atoms with E-state index in [0.717, 1.165) is 17.0 Å². The minimum absolute atomic E-state index is 0.0373. The first kappa shape index (κ1) is 17.6. The van der Waals surface area contributed by atoms with Gasteiger partial charge in [-0.3, -0.25) is 14.6 Å². The van der Waals surface area contributed by atoms with Crippen molar-refractivity contribution in [2.24, 2.45) is 7.05 Å². The molecule has 3 aromatic rings. The molecule has 9 heteroatoms. The summed E-state index contributed by atoms with van der Waals surface area (Å²) in [5, 5.41) is 13.8. The van der Waals surface area contributed by atoms with Gasteiger partial charge >= 0.3 is 6.61 Å². The molecule has 0 atom stereocenters. The zero-order valence-corrected chi connectivity index (χ0v) is 14.4. The molecule has 0 fully saturated rings. The van der Waals surface area contributed by atoms with Crippen LogP contribution >= 0.6 is 0 Å². The number of rotatable bonds is 5. The molecule has 1 amide bonds. The molecule has 2 N–H and O–H groups in total. The van der Waals surface area contributed by atoms with Crippen molar-refractivity contribution in [1.82, 2.24) is 20.0 Å². The second kappa shape index (κ2) is 6.95. The Labute approximate surface area is 148 Å². The van der Waals surface area contributed by atoms with Crippen LogP contribution in [-0.2, 0) is 7.05 Å². The third-order valence-electron chi connectivity index (χ3n) is 3.90. The lowest BCUT2D eigenvalue weighted by Crippen LogP contribution is -2.12. The van der Waals surface area contributed by atoms with Crippen LogP contribution in [0.5, 0.6) is 5.75 Å². The first-order valence-corrected chi connectivity index (χ1v) is 7.77. The van der Waals surface area contributed by atoms with E-state index in [-0.39, 0.29) is 11.4 Å². The number of nitrogens with one attached hydrogen (secondary N) is 2. The van der Waals surface area contributed by atoms with Gasteiger partial charge in [0.05, 0.1) is 11.4 Å². The molecular weight excluding hydrogens is 344 g/mol. The van der Waals surface area contributed by atoms with E-state index in [2.05, 4.69) is 25.3 Å². The number of H-pyrrole nitrogens is 1. The molecule has 136 valence electrons. The smallest absolute Gasteiger partial charge is 0.387 e. The summed E-state index contributed by atoms with van der Waals surface area (Å²) in [5.41, 5.74) is 3.77. The van der Waals surface area contributed by atoms with Crippen LogP contribution in [0.3, 0.4) is 0 Å². The van der Waals surface area contributed by atoms with Gasteiger partial charge in [-0.2, -0.15) is 19.0 Å². The lowest BCUT2D eigenvalue weighted by atomic mass is 10.1. The van der Waals surface area contributed by atoms with Crippen molar-refractivity contribution >= 4 is 11.6 Å². The number of halogens is 2. The lowest BCUT2D eigenvalue weighted by molar-refractivity contribution is -0.0497. The van der Waals surface area contributed by atoms with E-state index in [9.17, 15) is 13.6 Å². The van der Waals surface area contributed by atoms with E-state index >= 15 is 0 Å². The number of alkyl halides is 2. The molecule has 26 heavy (non-hydrogen) atoms. The van der Waals surface area contributed by atoms with Gasteiger partial charge in [0.1, 0.15) is 11.4 Å². The highest BCUT2D eigenvalue weighted by Gasteiger charge is 2.17.